The lowest BCUT2D eigenvalue weighted by Gasteiger charge is -2.03. The number of anilines is 1. The van der Waals surface area contributed by atoms with E-state index in [9.17, 15) is 8.42 Å². The Morgan fingerprint density at radius 1 is 1.22 bits per heavy atom. The summed E-state index contributed by atoms with van der Waals surface area (Å²) in [5.74, 6) is 0. The van der Waals surface area contributed by atoms with Gasteiger partial charge in [-0.05, 0) is 12.1 Å². The van der Waals surface area contributed by atoms with Crippen molar-refractivity contribution in [3.63, 3.8) is 0 Å². The first kappa shape index (κ1) is 11.2. The van der Waals surface area contributed by atoms with E-state index >= 15 is 0 Å². The molecule has 0 radical (unpaired) electrons. The number of sulfonamides is 1. The second kappa shape index (κ2) is 4.07. The van der Waals surface area contributed by atoms with E-state index in [0.717, 1.165) is 0 Å². The molecule has 0 aliphatic heterocycles. The molecule has 92 valence electrons. The summed E-state index contributed by atoms with van der Waals surface area (Å²) in [6, 6.07) is 8.63. The maximum atomic E-state index is 12.0. The SMILES string of the molecule is O=S(=O)(Nc1ccccc1)c1nc2sccn2n1. The average molecular weight is 280 g/mol. The van der Waals surface area contributed by atoms with E-state index in [2.05, 4.69) is 14.8 Å². The van der Waals surface area contributed by atoms with Crippen LogP contribution < -0.4 is 4.72 Å². The molecule has 0 saturated heterocycles. The van der Waals surface area contributed by atoms with Gasteiger partial charge in [0.05, 0.1) is 0 Å². The molecule has 8 heteroatoms. The Balaban J connectivity index is 1.97. The third-order valence-corrected chi connectivity index (χ3v) is 4.13. The number of hydrogen-bond acceptors (Lipinski definition) is 5. The Morgan fingerprint density at radius 2 is 2.00 bits per heavy atom. The largest absolute Gasteiger partial charge is 0.299 e. The summed E-state index contributed by atoms with van der Waals surface area (Å²) in [5, 5.41) is 5.47. The van der Waals surface area contributed by atoms with Gasteiger partial charge in [0.1, 0.15) is 0 Å². The Kier molecular flexibility index (Phi) is 2.53. The van der Waals surface area contributed by atoms with Crippen molar-refractivity contribution in [3.05, 3.63) is 41.9 Å². The summed E-state index contributed by atoms with van der Waals surface area (Å²) in [6.45, 7) is 0. The molecule has 1 N–H and O–H groups in total. The first-order valence-electron chi connectivity index (χ1n) is 5.03. The molecule has 0 saturated carbocycles. The number of rotatable bonds is 3. The standard InChI is InChI=1S/C10H8N4O2S2/c15-18(16,13-8-4-2-1-3-5-8)9-11-10-14(12-9)6-7-17-10/h1-7,13H. The Morgan fingerprint density at radius 3 is 2.72 bits per heavy atom. The van der Waals surface area contributed by atoms with E-state index in [1.54, 1.807) is 35.8 Å². The molecule has 1 aromatic carbocycles. The third kappa shape index (κ3) is 1.95. The summed E-state index contributed by atoms with van der Waals surface area (Å²) in [4.78, 5) is 4.51. The third-order valence-electron chi connectivity index (χ3n) is 2.22. The zero-order valence-electron chi connectivity index (χ0n) is 9.02. The fourth-order valence-corrected chi connectivity index (χ4v) is 3.08. The van der Waals surface area contributed by atoms with Gasteiger partial charge < -0.3 is 0 Å². The molecule has 0 spiro atoms. The van der Waals surface area contributed by atoms with Crippen LogP contribution in [-0.2, 0) is 10.0 Å². The number of thiazole rings is 1. The molecule has 0 atom stereocenters. The van der Waals surface area contributed by atoms with Gasteiger partial charge in [-0.25, -0.2) is 4.52 Å². The van der Waals surface area contributed by atoms with Gasteiger partial charge in [0.2, 0.25) is 4.96 Å². The van der Waals surface area contributed by atoms with Crippen LogP contribution in [0.5, 0.6) is 0 Å². The minimum absolute atomic E-state index is 0.224. The molecule has 0 aliphatic rings. The second-order valence-electron chi connectivity index (χ2n) is 3.50. The molecule has 0 bridgehead atoms. The zero-order chi connectivity index (χ0) is 12.6. The van der Waals surface area contributed by atoms with Crippen molar-refractivity contribution in [2.24, 2.45) is 0 Å². The molecule has 3 rings (SSSR count). The van der Waals surface area contributed by atoms with Crippen molar-refractivity contribution in [2.75, 3.05) is 4.72 Å². The normalized spacial score (nSPS) is 11.8. The van der Waals surface area contributed by atoms with Crippen molar-refractivity contribution in [2.45, 2.75) is 5.16 Å². The number of para-hydroxylation sites is 1. The van der Waals surface area contributed by atoms with E-state index in [0.29, 0.717) is 10.6 Å². The summed E-state index contributed by atoms with van der Waals surface area (Å²) in [5.41, 5.74) is 0.482. The summed E-state index contributed by atoms with van der Waals surface area (Å²) >= 11 is 1.33. The topological polar surface area (TPSA) is 76.4 Å². The molecular weight excluding hydrogens is 272 g/mol. The number of benzene rings is 1. The first-order valence-corrected chi connectivity index (χ1v) is 7.39. The van der Waals surface area contributed by atoms with Gasteiger partial charge in [-0.1, -0.05) is 18.2 Å². The monoisotopic (exact) mass is 280 g/mol. The van der Waals surface area contributed by atoms with Gasteiger partial charge in [0.25, 0.3) is 15.2 Å². The second-order valence-corrected chi connectivity index (χ2v) is 5.95. The highest BCUT2D eigenvalue weighted by Gasteiger charge is 2.20. The van der Waals surface area contributed by atoms with Gasteiger partial charge in [-0.2, -0.15) is 13.4 Å². The van der Waals surface area contributed by atoms with Gasteiger partial charge >= 0.3 is 0 Å². The molecule has 3 aromatic rings. The molecule has 2 heterocycles. The van der Waals surface area contributed by atoms with Crippen molar-refractivity contribution in [1.82, 2.24) is 14.6 Å². The Hall–Kier alpha value is -1.93. The van der Waals surface area contributed by atoms with Gasteiger partial charge in [-0.15, -0.1) is 16.4 Å². The fraction of sp³-hybridized carbons (Fsp3) is 0. The molecule has 6 nitrogen and oxygen atoms in total. The maximum absolute atomic E-state index is 12.0. The van der Waals surface area contributed by atoms with E-state index < -0.39 is 10.0 Å². The summed E-state index contributed by atoms with van der Waals surface area (Å²) < 4.78 is 27.9. The molecule has 0 unspecified atom stereocenters. The van der Waals surface area contributed by atoms with Gasteiger partial charge in [-0.3, -0.25) is 4.72 Å². The van der Waals surface area contributed by atoms with Crippen LogP contribution in [0, 0.1) is 0 Å². The van der Waals surface area contributed by atoms with Crippen molar-refractivity contribution in [1.29, 1.82) is 0 Å². The smallest absolute Gasteiger partial charge is 0.277 e. The Labute approximate surface area is 107 Å². The summed E-state index contributed by atoms with van der Waals surface area (Å²) in [6.07, 6.45) is 1.66. The van der Waals surface area contributed by atoms with E-state index in [1.165, 1.54) is 15.9 Å². The Bertz CT molecular complexity index is 748. The number of nitrogens with one attached hydrogen (secondary N) is 1. The van der Waals surface area contributed by atoms with Crippen molar-refractivity contribution in [3.8, 4) is 0 Å². The highest BCUT2D eigenvalue weighted by molar-refractivity contribution is 7.92. The molecule has 0 amide bonds. The lowest BCUT2D eigenvalue weighted by Crippen LogP contribution is -2.14. The summed E-state index contributed by atoms with van der Waals surface area (Å²) in [7, 11) is -3.73. The predicted molar refractivity (Wildman–Crippen MR) is 68.1 cm³/mol. The van der Waals surface area contributed by atoms with Crippen molar-refractivity contribution < 1.29 is 8.42 Å². The van der Waals surface area contributed by atoms with Crippen LogP contribution in [0.1, 0.15) is 0 Å². The van der Waals surface area contributed by atoms with Crippen LogP contribution >= 0.6 is 11.3 Å². The zero-order valence-corrected chi connectivity index (χ0v) is 10.6. The number of aromatic nitrogens is 3. The molecule has 0 fully saturated rings. The highest BCUT2D eigenvalue weighted by atomic mass is 32.2. The lowest BCUT2D eigenvalue weighted by atomic mass is 10.3. The highest BCUT2D eigenvalue weighted by Crippen LogP contribution is 2.15. The van der Waals surface area contributed by atoms with Crippen LogP contribution in [0.15, 0.2) is 47.1 Å². The fourth-order valence-electron chi connectivity index (χ4n) is 1.44. The molecular formula is C10H8N4O2S2. The minimum Gasteiger partial charge on any atom is -0.277 e. The van der Waals surface area contributed by atoms with Crippen LogP contribution in [-0.4, -0.2) is 23.0 Å². The van der Waals surface area contributed by atoms with E-state index in [1.807, 2.05) is 6.07 Å². The van der Waals surface area contributed by atoms with Gasteiger partial charge in [0, 0.05) is 17.3 Å². The van der Waals surface area contributed by atoms with Crippen LogP contribution in [0.25, 0.3) is 4.96 Å². The quantitative estimate of drug-likeness (QED) is 0.790. The van der Waals surface area contributed by atoms with Crippen molar-refractivity contribution >= 4 is 32.0 Å². The van der Waals surface area contributed by atoms with Gasteiger partial charge in [0.15, 0.2) is 0 Å². The van der Waals surface area contributed by atoms with Crippen LogP contribution in [0.2, 0.25) is 0 Å². The first-order chi connectivity index (χ1) is 8.65. The molecule has 0 aliphatic carbocycles. The minimum atomic E-state index is -3.73. The van der Waals surface area contributed by atoms with E-state index in [-0.39, 0.29) is 5.16 Å². The number of hydrogen-bond donors (Lipinski definition) is 1. The molecule has 2 aromatic heterocycles. The number of fused-ring (bicyclic) bond motifs is 1. The van der Waals surface area contributed by atoms with Crippen LogP contribution in [0.4, 0.5) is 5.69 Å². The lowest BCUT2D eigenvalue weighted by molar-refractivity contribution is 0.592. The number of nitrogens with zero attached hydrogens (tertiary/aromatic N) is 3. The predicted octanol–water partition coefficient (Wildman–Crippen LogP) is 1.59. The molecule has 18 heavy (non-hydrogen) atoms. The average Bonchev–Trinajstić information content (AvgIpc) is 2.89. The maximum Gasteiger partial charge on any atom is 0.299 e. The van der Waals surface area contributed by atoms with E-state index in [4.69, 9.17) is 0 Å². The van der Waals surface area contributed by atoms with Crippen LogP contribution in [0.3, 0.4) is 0 Å².